The van der Waals surface area contributed by atoms with E-state index in [2.05, 4.69) is 22.4 Å². The number of anilines is 1. The number of rotatable bonds is 6. The fourth-order valence-electron chi connectivity index (χ4n) is 1.96. The number of amides is 1. The van der Waals surface area contributed by atoms with Crippen LogP contribution in [0.1, 0.15) is 41.5 Å². The molecule has 0 radical (unpaired) electrons. The van der Waals surface area contributed by atoms with E-state index in [1.54, 1.807) is 12.1 Å². The zero-order valence-corrected chi connectivity index (χ0v) is 12.7. The normalized spacial score (nSPS) is 10.4. The molecule has 2 N–H and O–H groups in total. The van der Waals surface area contributed by atoms with Gasteiger partial charge in [0.15, 0.2) is 0 Å². The van der Waals surface area contributed by atoms with Crippen molar-refractivity contribution in [1.82, 2.24) is 10.2 Å². The molecular formula is C16H21N3O2. The molecule has 0 spiro atoms. The van der Waals surface area contributed by atoms with Crippen molar-refractivity contribution in [3.63, 3.8) is 0 Å². The highest BCUT2D eigenvalue weighted by molar-refractivity contribution is 6.04. The van der Waals surface area contributed by atoms with Crippen LogP contribution in [0.5, 0.6) is 5.75 Å². The topological polar surface area (TPSA) is 67.0 Å². The molecule has 112 valence electrons. The number of aryl methyl sites for hydroxylation is 2. The fraction of sp³-hybridized carbons (Fsp3) is 0.375. The maximum absolute atomic E-state index is 12.2. The maximum atomic E-state index is 12.2. The van der Waals surface area contributed by atoms with Crippen LogP contribution in [-0.4, -0.2) is 22.7 Å². The quantitative estimate of drug-likeness (QED) is 0.800. The fourth-order valence-corrected chi connectivity index (χ4v) is 1.96. The standard InChI is InChI=1S/C16H21N3O2/c1-4-5-10-21-14-8-6-13(7-9-14)16(20)17-15-11(2)18-19-12(15)3/h6-9H,4-5,10H2,1-3H3,(H,17,20)(H,18,19). The first kappa shape index (κ1) is 15.1. The van der Waals surface area contributed by atoms with E-state index < -0.39 is 0 Å². The highest BCUT2D eigenvalue weighted by atomic mass is 16.5. The van der Waals surface area contributed by atoms with Gasteiger partial charge in [0.05, 0.1) is 23.7 Å². The Morgan fingerprint density at radius 3 is 2.57 bits per heavy atom. The molecule has 0 aliphatic heterocycles. The van der Waals surface area contributed by atoms with Crippen molar-refractivity contribution in [1.29, 1.82) is 0 Å². The third kappa shape index (κ3) is 3.84. The zero-order chi connectivity index (χ0) is 15.2. The Morgan fingerprint density at radius 2 is 2.00 bits per heavy atom. The van der Waals surface area contributed by atoms with Gasteiger partial charge in [-0.15, -0.1) is 0 Å². The summed E-state index contributed by atoms with van der Waals surface area (Å²) in [4.78, 5) is 12.2. The summed E-state index contributed by atoms with van der Waals surface area (Å²) in [5, 5.41) is 9.78. The van der Waals surface area contributed by atoms with Gasteiger partial charge in [-0.1, -0.05) is 13.3 Å². The van der Waals surface area contributed by atoms with Crippen LogP contribution in [0, 0.1) is 13.8 Å². The highest BCUT2D eigenvalue weighted by Crippen LogP contribution is 2.18. The van der Waals surface area contributed by atoms with E-state index in [4.69, 9.17) is 4.74 Å². The van der Waals surface area contributed by atoms with Gasteiger partial charge in [-0.05, 0) is 44.5 Å². The van der Waals surface area contributed by atoms with Crippen molar-refractivity contribution in [2.75, 3.05) is 11.9 Å². The van der Waals surface area contributed by atoms with Crippen LogP contribution in [0.4, 0.5) is 5.69 Å². The average Bonchev–Trinajstić information content (AvgIpc) is 2.80. The Kier molecular flexibility index (Phi) is 4.98. The van der Waals surface area contributed by atoms with Gasteiger partial charge in [0.1, 0.15) is 5.75 Å². The van der Waals surface area contributed by atoms with E-state index in [0.29, 0.717) is 12.2 Å². The molecule has 0 unspecified atom stereocenters. The van der Waals surface area contributed by atoms with Gasteiger partial charge in [0.2, 0.25) is 0 Å². The van der Waals surface area contributed by atoms with Crippen LogP contribution in [0.15, 0.2) is 24.3 Å². The lowest BCUT2D eigenvalue weighted by Gasteiger charge is -2.07. The summed E-state index contributed by atoms with van der Waals surface area (Å²) in [6.45, 7) is 6.55. The second-order valence-corrected chi connectivity index (χ2v) is 4.99. The summed E-state index contributed by atoms with van der Waals surface area (Å²) in [6.07, 6.45) is 2.13. The Balaban J connectivity index is 2.00. The first-order valence-corrected chi connectivity index (χ1v) is 7.17. The number of H-pyrrole nitrogens is 1. The molecule has 5 nitrogen and oxygen atoms in total. The largest absolute Gasteiger partial charge is 0.494 e. The number of hydrogen-bond donors (Lipinski definition) is 2. The van der Waals surface area contributed by atoms with E-state index >= 15 is 0 Å². The summed E-state index contributed by atoms with van der Waals surface area (Å²) < 4.78 is 5.58. The average molecular weight is 287 g/mol. The van der Waals surface area contributed by atoms with Crippen LogP contribution in [-0.2, 0) is 0 Å². The number of unbranched alkanes of at least 4 members (excludes halogenated alkanes) is 1. The Bertz CT molecular complexity index is 583. The van der Waals surface area contributed by atoms with Crippen molar-refractivity contribution in [2.45, 2.75) is 33.6 Å². The number of nitrogens with zero attached hydrogens (tertiary/aromatic N) is 1. The first-order chi connectivity index (χ1) is 10.1. The molecule has 1 aromatic heterocycles. The number of aromatic nitrogens is 2. The van der Waals surface area contributed by atoms with Crippen molar-refractivity contribution in [2.24, 2.45) is 0 Å². The van der Waals surface area contributed by atoms with Crippen molar-refractivity contribution in [3.05, 3.63) is 41.2 Å². The van der Waals surface area contributed by atoms with Crippen molar-refractivity contribution < 1.29 is 9.53 Å². The van der Waals surface area contributed by atoms with Crippen LogP contribution < -0.4 is 10.1 Å². The predicted molar refractivity (Wildman–Crippen MR) is 82.9 cm³/mol. The monoisotopic (exact) mass is 287 g/mol. The summed E-state index contributed by atoms with van der Waals surface area (Å²) in [5.41, 5.74) is 2.96. The van der Waals surface area contributed by atoms with E-state index in [1.807, 2.05) is 26.0 Å². The van der Waals surface area contributed by atoms with Crippen LogP contribution >= 0.6 is 0 Å². The smallest absolute Gasteiger partial charge is 0.255 e. The van der Waals surface area contributed by atoms with E-state index in [-0.39, 0.29) is 5.91 Å². The second kappa shape index (κ2) is 6.92. The lowest BCUT2D eigenvalue weighted by Crippen LogP contribution is -2.12. The molecule has 0 atom stereocenters. The van der Waals surface area contributed by atoms with Gasteiger partial charge in [-0.2, -0.15) is 5.10 Å². The molecule has 5 heteroatoms. The molecule has 21 heavy (non-hydrogen) atoms. The van der Waals surface area contributed by atoms with E-state index in [0.717, 1.165) is 35.7 Å². The lowest BCUT2D eigenvalue weighted by atomic mass is 10.2. The van der Waals surface area contributed by atoms with Crippen molar-refractivity contribution in [3.8, 4) is 5.75 Å². The minimum atomic E-state index is -0.150. The second-order valence-electron chi connectivity index (χ2n) is 4.99. The van der Waals surface area contributed by atoms with E-state index in [9.17, 15) is 4.79 Å². The third-order valence-electron chi connectivity index (χ3n) is 3.25. The summed E-state index contributed by atoms with van der Waals surface area (Å²) >= 11 is 0. The minimum absolute atomic E-state index is 0.150. The third-order valence-corrected chi connectivity index (χ3v) is 3.25. The maximum Gasteiger partial charge on any atom is 0.255 e. The number of aromatic amines is 1. The molecule has 0 saturated carbocycles. The predicted octanol–water partition coefficient (Wildman–Crippen LogP) is 3.46. The molecule has 0 aliphatic rings. The van der Waals surface area contributed by atoms with Crippen LogP contribution in [0.2, 0.25) is 0 Å². The number of carbonyl (C=O) groups excluding carboxylic acids is 1. The van der Waals surface area contributed by atoms with Crippen LogP contribution in [0.25, 0.3) is 0 Å². The molecular weight excluding hydrogens is 266 g/mol. The molecule has 0 aliphatic carbocycles. The molecule has 1 aromatic carbocycles. The van der Waals surface area contributed by atoms with E-state index in [1.165, 1.54) is 0 Å². The Labute approximate surface area is 124 Å². The molecule has 0 saturated heterocycles. The lowest BCUT2D eigenvalue weighted by molar-refractivity contribution is 0.102. The molecule has 0 bridgehead atoms. The van der Waals surface area contributed by atoms with Gasteiger partial charge in [-0.3, -0.25) is 9.89 Å². The molecule has 0 fully saturated rings. The first-order valence-electron chi connectivity index (χ1n) is 7.17. The van der Waals surface area contributed by atoms with Gasteiger partial charge >= 0.3 is 0 Å². The molecule has 2 rings (SSSR count). The minimum Gasteiger partial charge on any atom is -0.494 e. The molecule has 2 aromatic rings. The molecule has 1 heterocycles. The van der Waals surface area contributed by atoms with Gasteiger partial charge in [0.25, 0.3) is 5.91 Å². The number of nitrogens with one attached hydrogen (secondary N) is 2. The number of carbonyl (C=O) groups is 1. The SMILES string of the molecule is CCCCOc1ccc(C(=O)Nc2c(C)n[nH]c2C)cc1. The van der Waals surface area contributed by atoms with Crippen LogP contribution in [0.3, 0.4) is 0 Å². The summed E-state index contributed by atoms with van der Waals surface area (Å²) in [7, 11) is 0. The summed E-state index contributed by atoms with van der Waals surface area (Å²) in [5.74, 6) is 0.637. The van der Waals surface area contributed by atoms with Gasteiger partial charge in [-0.25, -0.2) is 0 Å². The Morgan fingerprint density at radius 1 is 1.29 bits per heavy atom. The highest BCUT2D eigenvalue weighted by Gasteiger charge is 2.11. The number of ether oxygens (including phenoxy) is 1. The van der Waals surface area contributed by atoms with Gasteiger partial charge < -0.3 is 10.1 Å². The number of benzene rings is 1. The number of hydrogen-bond acceptors (Lipinski definition) is 3. The summed E-state index contributed by atoms with van der Waals surface area (Å²) in [6, 6.07) is 7.17. The Hall–Kier alpha value is -2.30. The van der Waals surface area contributed by atoms with Crippen molar-refractivity contribution >= 4 is 11.6 Å². The van der Waals surface area contributed by atoms with Gasteiger partial charge in [0, 0.05) is 5.56 Å². The zero-order valence-electron chi connectivity index (χ0n) is 12.7. The molecule has 1 amide bonds.